The topological polar surface area (TPSA) is 75.2 Å². The number of aliphatic imine (C=N–C) groups is 1. The number of fused-ring (bicyclic) bond motifs is 1. The number of nitrogens with zero attached hydrogens (tertiary/aromatic N) is 2. The summed E-state index contributed by atoms with van der Waals surface area (Å²) in [5, 5.41) is 6.36. The lowest BCUT2D eigenvalue weighted by Crippen LogP contribution is -2.45. The van der Waals surface area contributed by atoms with Crippen LogP contribution in [0.2, 0.25) is 0 Å². The van der Waals surface area contributed by atoms with E-state index in [9.17, 15) is 4.79 Å². The Balaban J connectivity index is 1.23. The van der Waals surface area contributed by atoms with Gasteiger partial charge in [0.05, 0.1) is 19.8 Å². The summed E-state index contributed by atoms with van der Waals surface area (Å²) < 4.78 is 11.4. The average molecular weight is 437 g/mol. The predicted octanol–water partition coefficient (Wildman–Crippen LogP) is 3.32. The van der Waals surface area contributed by atoms with Gasteiger partial charge in [-0.3, -0.25) is 9.79 Å². The van der Waals surface area contributed by atoms with E-state index in [2.05, 4.69) is 46.0 Å². The number of rotatable bonds is 5. The molecule has 2 aliphatic heterocycles. The number of benzene rings is 2. The first-order valence-corrected chi connectivity index (χ1v) is 11.4. The molecule has 4 rings (SSSR count). The fourth-order valence-corrected chi connectivity index (χ4v) is 4.16. The number of hydrogen-bond donors (Lipinski definition) is 2. The van der Waals surface area contributed by atoms with E-state index in [1.165, 1.54) is 5.56 Å². The van der Waals surface area contributed by atoms with E-state index in [0.29, 0.717) is 25.1 Å². The highest BCUT2D eigenvalue weighted by Gasteiger charge is 2.23. The molecule has 1 amide bonds. The number of carbonyl (C=O) groups excluding carboxylic acids is 1. The highest BCUT2D eigenvalue weighted by Crippen LogP contribution is 2.32. The van der Waals surface area contributed by atoms with Gasteiger partial charge in [0.25, 0.3) is 0 Å². The van der Waals surface area contributed by atoms with Crippen LogP contribution in [0, 0.1) is 5.92 Å². The van der Waals surface area contributed by atoms with Crippen molar-refractivity contribution in [1.82, 2.24) is 10.2 Å². The number of hydrogen-bond acceptors (Lipinski definition) is 4. The Bertz CT molecular complexity index is 924. The average Bonchev–Trinajstić information content (AvgIpc) is 3.07. The largest absolute Gasteiger partial charge is 0.490 e. The first kappa shape index (κ1) is 22.0. The lowest BCUT2D eigenvalue weighted by atomic mass is 9.90. The number of amides is 1. The number of nitrogens with one attached hydrogen (secondary N) is 2. The van der Waals surface area contributed by atoms with Gasteiger partial charge >= 0.3 is 0 Å². The maximum absolute atomic E-state index is 12.7. The number of piperidine rings is 1. The summed E-state index contributed by atoms with van der Waals surface area (Å²) in [6.45, 7) is 3.14. The molecule has 0 aromatic heterocycles. The molecule has 0 bridgehead atoms. The van der Waals surface area contributed by atoms with Gasteiger partial charge < -0.3 is 25.0 Å². The Kier molecular flexibility index (Phi) is 7.48. The third kappa shape index (κ3) is 5.93. The smallest absolute Gasteiger partial charge is 0.241 e. The first-order chi connectivity index (χ1) is 15.7. The first-order valence-electron chi connectivity index (χ1n) is 11.4. The highest BCUT2D eigenvalue weighted by molar-refractivity contribution is 5.96. The van der Waals surface area contributed by atoms with Crippen molar-refractivity contribution in [3.05, 3.63) is 54.1 Å². The molecule has 2 heterocycles. The fourth-order valence-electron chi connectivity index (χ4n) is 4.16. The normalized spacial score (nSPS) is 16.9. The van der Waals surface area contributed by atoms with Crippen LogP contribution < -0.4 is 20.1 Å². The Morgan fingerprint density at radius 2 is 1.81 bits per heavy atom. The molecule has 2 aliphatic rings. The molecule has 0 spiro atoms. The third-order valence-corrected chi connectivity index (χ3v) is 5.98. The minimum atomic E-state index is 0.102. The maximum atomic E-state index is 12.7. The number of anilines is 1. The number of ether oxygens (including phenoxy) is 2. The molecule has 0 unspecified atom stereocenters. The standard InChI is InChI=1S/C25H32N4O3/c1-26-25(28-21-8-9-22-23(17-21)32-15-5-14-31-22)27-18-24(30)29-12-10-20(11-13-29)16-19-6-3-2-4-7-19/h2-4,6-9,17,20H,5,10-16,18H2,1H3,(H2,26,27,28). The lowest BCUT2D eigenvalue weighted by Gasteiger charge is -2.32. The molecule has 2 aromatic carbocycles. The van der Waals surface area contributed by atoms with E-state index in [1.54, 1.807) is 7.05 Å². The van der Waals surface area contributed by atoms with Gasteiger partial charge in [0.15, 0.2) is 17.5 Å². The van der Waals surface area contributed by atoms with Crippen LogP contribution in [0.1, 0.15) is 24.8 Å². The van der Waals surface area contributed by atoms with Crippen molar-refractivity contribution < 1.29 is 14.3 Å². The van der Waals surface area contributed by atoms with Gasteiger partial charge in [0, 0.05) is 38.3 Å². The number of carbonyl (C=O) groups is 1. The Hall–Kier alpha value is -3.22. The third-order valence-electron chi connectivity index (χ3n) is 5.98. The molecule has 170 valence electrons. The molecule has 7 heteroatoms. The molecule has 7 nitrogen and oxygen atoms in total. The molecule has 2 aromatic rings. The van der Waals surface area contributed by atoms with Gasteiger partial charge in [0.1, 0.15) is 0 Å². The molecule has 32 heavy (non-hydrogen) atoms. The molecular weight excluding hydrogens is 404 g/mol. The van der Waals surface area contributed by atoms with Gasteiger partial charge in [-0.25, -0.2) is 0 Å². The van der Waals surface area contributed by atoms with Crippen molar-refractivity contribution in [3.8, 4) is 11.5 Å². The number of guanidine groups is 1. The van der Waals surface area contributed by atoms with Crippen molar-refractivity contribution in [2.24, 2.45) is 10.9 Å². The van der Waals surface area contributed by atoms with Crippen molar-refractivity contribution in [2.45, 2.75) is 25.7 Å². The van der Waals surface area contributed by atoms with Crippen molar-refractivity contribution >= 4 is 17.6 Å². The number of likely N-dealkylation sites (tertiary alicyclic amines) is 1. The molecular formula is C25H32N4O3. The summed E-state index contributed by atoms with van der Waals surface area (Å²) in [6.07, 6.45) is 4.05. The van der Waals surface area contributed by atoms with Crippen molar-refractivity contribution in [3.63, 3.8) is 0 Å². The van der Waals surface area contributed by atoms with E-state index in [4.69, 9.17) is 9.47 Å². The van der Waals surface area contributed by atoms with Gasteiger partial charge in [-0.2, -0.15) is 0 Å². The van der Waals surface area contributed by atoms with Crippen LogP contribution in [-0.2, 0) is 11.2 Å². The zero-order chi connectivity index (χ0) is 22.2. The lowest BCUT2D eigenvalue weighted by molar-refractivity contribution is -0.131. The van der Waals surface area contributed by atoms with E-state index >= 15 is 0 Å². The highest BCUT2D eigenvalue weighted by atomic mass is 16.5. The Morgan fingerprint density at radius 1 is 1.06 bits per heavy atom. The van der Waals surface area contributed by atoms with Crippen LogP contribution in [0.15, 0.2) is 53.5 Å². The fraction of sp³-hybridized carbons (Fsp3) is 0.440. The quantitative estimate of drug-likeness (QED) is 0.556. The molecule has 1 fully saturated rings. The Labute approximate surface area is 189 Å². The minimum absolute atomic E-state index is 0.102. The molecule has 0 saturated carbocycles. The Morgan fingerprint density at radius 3 is 2.56 bits per heavy atom. The summed E-state index contributed by atoms with van der Waals surface area (Å²) in [6, 6.07) is 16.3. The van der Waals surface area contributed by atoms with Crippen molar-refractivity contribution in [2.75, 3.05) is 45.2 Å². The van der Waals surface area contributed by atoms with E-state index in [1.807, 2.05) is 23.1 Å². The van der Waals surface area contributed by atoms with E-state index < -0.39 is 0 Å². The van der Waals surface area contributed by atoms with Crippen LogP contribution in [-0.4, -0.2) is 56.7 Å². The van der Waals surface area contributed by atoms with Crippen LogP contribution in [0.4, 0.5) is 5.69 Å². The monoisotopic (exact) mass is 436 g/mol. The molecule has 0 aliphatic carbocycles. The molecule has 1 saturated heterocycles. The molecule has 0 atom stereocenters. The SMILES string of the molecule is CN=C(NCC(=O)N1CCC(Cc2ccccc2)CC1)Nc1ccc2c(c1)OCCCO2. The van der Waals surface area contributed by atoms with Gasteiger partial charge in [-0.05, 0) is 42.9 Å². The van der Waals surface area contributed by atoms with Gasteiger partial charge in [0.2, 0.25) is 5.91 Å². The summed E-state index contributed by atoms with van der Waals surface area (Å²) in [4.78, 5) is 18.9. The van der Waals surface area contributed by atoms with Crippen LogP contribution >= 0.6 is 0 Å². The minimum Gasteiger partial charge on any atom is -0.490 e. The second kappa shape index (κ2) is 10.9. The second-order valence-electron chi connectivity index (χ2n) is 8.28. The van der Waals surface area contributed by atoms with E-state index in [-0.39, 0.29) is 12.5 Å². The van der Waals surface area contributed by atoms with E-state index in [0.717, 1.165) is 56.0 Å². The predicted molar refractivity (Wildman–Crippen MR) is 126 cm³/mol. The van der Waals surface area contributed by atoms with Crippen LogP contribution in [0.3, 0.4) is 0 Å². The molecule has 2 N–H and O–H groups in total. The zero-order valence-corrected chi connectivity index (χ0v) is 18.7. The second-order valence-corrected chi connectivity index (χ2v) is 8.28. The summed E-state index contributed by atoms with van der Waals surface area (Å²) in [5.41, 5.74) is 2.21. The van der Waals surface area contributed by atoms with Gasteiger partial charge in [-0.1, -0.05) is 30.3 Å². The van der Waals surface area contributed by atoms with Crippen molar-refractivity contribution in [1.29, 1.82) is 0 Å². The van der Waals surface area contributed by atoms with Crippen LogP contribution in [0.5, 0.6) is 11.5 Å². The maximum Gasteiger partial charge on any atom is 0.241 e. The van der Waals surface area contributed by atoms with Gasteiger partial charge in [-0.15, -0.1) is 0 Å². The molecule has 0 radical (unpaired) electrons. The summed E-state index contributed by atoms with van der Waals surface area (Å²) >= 11 is 0. The van der Waals surface area contributed by atoms with Crippen LogP contribution in [0.25, 0.3) is 0 Å². The zero-order valence-electron chi connectivity index (χ0n) is 18.7. The summed E-state index contributed by atoms with van der Waals surface area (Å²) in [5.74, 6) is 2.76. The summed E-state index contributed by atoms with van der Waals surface area (Å²) in [7, 11) is 1.69.